The molecule has 0 amide bonds. The van der Waals surface area contributed by atoms with Crippen molar-refractivity contribution in [2.24, 2.45) is 0 Å². The molecule has 218 valence electrons. The number of allylic oxidation sites excluding steroid dienone is 6. The zero-order valence-corrected chi connectivity index (χ0v) is 22.9. The lowest BCUT2D eigenvalue weighted by molar-refractivity contribution is 0.107. The van der Waals surface area contributed by atoms with Crippen LogP contribution in [0.15, 0.2) is 68.8 Å². The first kappa shape index (κ1) is 32.0. The van der Waals surface area contributed by atoms with E-state index >= 15 is 0 Å². The summed E-state index contributed by atoms with van der Waals surface area (Å²) in [6.07, 6.45) is 2.01. The molecule has 3 heterocycles. The lowest BCUT2D eigenvalue weighted by atomic mass is 10.2. The maximum Gasteiger partial charge on any atom is 0.261 e. The van der Waals surface area contributed by atoms with Gasteiger partial charge in [-0.15, -0.1) is 11.3 Å². The molecule has 3 aromatic rings. The summed E-state index contributed by atoms with van der Waals surface area (Å²) in [5, 5.41) is 17.7. The van der Waals surface area contributed by atoms with Gasteiger partial charge in [0.2, 0.25) is 12.9 Å². The van der Waals surface area contributed by atoms with E-state index in [0.717, 1.165) is 11.3 Å². The highest BCUT2D eigenvalue weighted by molar-refractivity contribution is 7.19. The molecule has 0 aliphatic rings. The number of alkyl halides is 4. The van der Waals surface area contributed by atoms with Gasteiger partial charge in [0.1, 0.15) is 32.8 Å². The van der Waals surface area contributed by atoms with Gasteiger partial charge in [-0.1, -0.05) is 12.2 Å². The number of thiophene rings is 1. The molecule has 0 saturated carbocycles. The number of rotatable bonds is 14. The van der Waals surface area contributed by atoms with E-state index in [1.165, 1.54) is 36.5 Å². The highest BCUT2D eigenvalue weighted by Gasteiger charge is 2.27. The van der Waals surface area contributed by atoms with Gasteiger partial charge in [-0.25, -0.2) is 37.8 Å². The summed E-state index contributed by atoms with van der Waals surface area (Å²) >= 11 is 1.06. The monoisotopic (exact) mass is 608 g/mol. The molecule has 0 N–H and O–H groups in total. The van der Waals surface area contributed by atoms with Gasteiger partial charge in [-0.3, -0.25) is 0 Å². The van der Waals surface area contributed by atoms with E-state index in [0.29, 0.717) is 21.3 Å². The minimum Gasteiger partial charge on any atom is -0.488 e. The van der Waals surface area contributed by atoms with E-state index in [2.05, 4.69) is 9.69 Å². The average molecular weight is 609 g/mol. The van der Waals surface area contributed by atoms with E-state index in [9.17, 15) is 17.6 Å². The van der Waals surface area contributed by atoms with Crippen molar-refractivity contribution in [2.75, 3.05) is 13.2 Å². The fraction of sp³-hybridized carbons (Fsp3) is 0.200. The summed E-state index contributed by atoms with van der Waals surface area (Å²) in [4.78, 5) is 6.74. The number of nitriles is 2. The highest BCUT2D eigenvalue weighted by Crippen LogP contribution is 2.53. The van der Waals surface area contributed by atoms with Crippen molar-refractivity contribution in [3.8, 4) is 44.9 Å². The second-order valence-corrected chi connectivity index (χ2v) is 9.17. The first-order valence-electron chi connectivity index (χ1n) is 12.3. The Labute approximate surface area is 247 Å². The predicted octanol–water partition coefficient (Wildman–Crippen LogP) is 9.02. The van der Waals surface area contributed by atoms with Crippen molar-refractivity contribution in [1.82, 2.24) is 0 Å². The molecule has 8 nitrogen and oxygen atoms in total. The number of hydrogen-bond acceptors (Lipinski definition) is 7. The lowest BCUT2D eigenvalue weighted by Crippen LogP contribution is -2.06. The summed E-state index contributed by atoms with van der Waals surface area (Å²) in [6.45, 7) is 13.0. The third-order valence-electron chi connectivity index (χ3n) is 5.19. The van der Waals surface area contributed by atoms with Crippen molar-refractivity contribution in [3.05, 3.63) is 94.3 Å². The minimum atomic E-state index is -2.65. The van der Waals surface area contributed by atoms with Crippen LogP contribution in [0.3, 0.4) is 0 Å². The van der Waals surface area contributed by atoms with Gasteiger partial charge in [0.05, 0.1) is 38.5 Å². The van der Waals surface area contributed by atoms with Crippen molar-refractivity contribution < 1.29 is 35.9 Å². The maximum atomic E-state index is 12.9. The molecule has 0 spiro atoms. The smallest absolute Gasteiger partial charge is 0.261 e. The Bertz CT molecular complexity index is 1550. The van der Waals surface area contributed by atoms with Gasteiger partial charge in [0.15, 0.2) is 11.5 Å². The van der Waals surface area contributed by atoms with Crippen molar-refractivity contribution in [2.45, 2.75) is 25.7 Å². The summed E-state index contributed by atoms with van der Waals surface area (Å²) in [5.41, 5.74) is -0.265. The Kier molecular flexibility index (Phi) is 12.0. The largest absolute Gasteiger partial charge is 0.488 e. The van der Waals surface area contributed by atoms with Crippen LogP contribution in [0.4, 0.5) is 17.6 Å². The first-order chi connectivity index (χ1) is 20.8. The Hall–Kier alpha value is -5.50. The van der Waals surface area contributed by atoms with E-state index in [4.69, 9.17) is 42.0 Å². The van der Waals surface area contributed by atoms with Crippen molar-refractivity contribution >= 4 is 23.5 Å². The zero-order chi connectivity index (χ0) is 31.2. The van der Waals surface area contributed by atoms with E-state index in [-0.39, 0.29) is 34.4 Å². The van der Waals surface area contributed by atoms with Crippen LogP contribution in [-0.2, 0) is 0 Å². The Morgan fingerprint density at radius 1 is 0.791 bits per heavy atom. The normalized spacial score (nSPS) is 12.0. The van der Waals surface area contributed by atoms with Crippen LogP contribution in [0.1, 0.15) is 24.4 Å². The number of nitrogens with zero attached hydrogens (tertiary/aromatic N) is 4. The Morgan fingerprint density at radius 3 is 1.56 bits per heavy atom. The van der Waals surface area contributed by atoms with Crippen LogP contribution < -0.4 is 9.47 Å². The summed E-state index contributed by atoms with van der Waals surface area (Å²) < 4.78 is 74.9. The Morgan fingerprint density at radius 2 is 1.21 bits per heavy atom. The molecule has 0 bridgehead atoms. The van der Waals surface area contributed by atoms with Crippen LogP contribution in [0.25, 0.3) is 43.1 Å². The van der Waals surface area contributed by atoms with E-state index < -0.39 is 38.9 Å². The van der Waals surface area contributed by atoms with Crippen molar-refractivity contribution in [1.29, 1.82) is 10.5 Å². The van der Waals surface area contributed by atoms with Crippen LogP contribution in [-0.4, -0.2) is 26.1 Å². The fourth-order valence-corrected chi connectivity index (χ4v) is 4.40. The second-order valence-electron chi connectivity index (χ2n) is 8.15. The predicted molar refractivity (Wildman–Crippen MR) is 151 cm³/mol. The number of furan rings is 2. The van der Waals surface area contributed by atoms with Gasteiger partial charge < -0.3 is 18.3 Å². The minimum absolute atomic E-state index is 0.00612. The summed E-state index contributed by atoms with van der Waals surface area (Å²) in [6, 6.07) is 9.79. The van der Waals surface area contributed by atoms with Gasteiger partial charge in [-0.2, -0.15) is 0 Å². The molecular weight excluding hydrogens is 588 g/mol. The molecule has 0 saturated heterocycles. The molecule has 43 heavy (non-hydrogen) atoms. The van der Waals surface area contributed by atoms with Crippen molar-refractivity contribution in [3.63, 3.8) is 0 Å². The SMILES string of the molecule is [C-]#[N+]/C(C#N)=C\C=C\c1ccc(-c2sc(-c3ccc(/C=C/C=C(\C#N)[N+]#[C-])o3)c(OCCC(F)F)c2OCCC(F)F)o1. The zero-order valence-electron chi connectivity index (χ0n) is 22.1. The Balaban J connectivity index is 2.07. The average Bonchev–Trinajstić information content (AvgIpc) is 3.73. The van der Waals surface area contributed by atoms with Crippen LogP contribution >= 0.6 is 11.3 Å². The maximum absolute atomic E-state index is 12.9. The van der Waals surface area contributed by atoms with Gasteiger partial charge in [0.25, 0.3) is 11.4 Å². The molecule has 0 unspecified atom stereocenters. The molecule has 0 aliphatic heterocycles. The topological polar surface area (TPSA) is 101 Å². The second kappa shape index (κ2) is 16.1. The van der Waals surface area contributed by atoms with E-state index in [1.54, 1.807) is 36.4 Å². The van der Waals surface area contributed by atoms with Gasteiger partial charge in [0, 0.05) is 12.8 Å². The van der Waals surface area contributed by atoms with E-state index in [1.807, 2.05) is 0 Å². The molecule has 0 aromatic carbocycles. The van der Waals surface area contributed by atoms with Gasteiger partial charge >= 0.3 is 0 Å². The third kappa shape index (κ3) is 9.26. The standard InChI is InChI=1S/C30H20F4N4O4S/c1-37-19(17-35)5-3-7-21-9-11-23(41-21)29-27(39-15-13-25(31)32)28(40-16-14-26(33)34)30(43-29)24-12-10-22(42-24)8-4-6-20(18-36)38-2/h3-12,25-26H,13-16H2/b7-3+,8-4+,19-5-,20-6+. The lowest BCUT2D eigenvalue weighted by Gasteiger charge is -2.11. The fourth-order valence-electron chi connectivity index (χ4n) is 3.28. The van der Waals surface area contributed by atoms with Crippen LogP contribution in [0.5, 0.6) is 11.5 Å². The number of halogens is 4. The molecule has 3 rings (SSSR count). The molecule has 3 aromatic heterocycles. The highest BCUT2D eigenvalue weighted by atomic mass is 32.1. The first-order valence-corrected chi connectivity index (χ1v) is 13.1. The third-order valence-corrected chi connectivity index (χ3v) is 6.37. The van der Waals surface area contributed by atoms with Crippen LogP contribution in [0.2, 0.25) is 0 Å². The molecule has 0 radical (unpaired) electrons. The number of ether oxygens (including phenoxy) is 2. The molecule has 0 aliphatic carbocycles. The number of hydrogen-bond donors (Lipinski definition) is 0. The molecule has 0 atom stereocenters. The quantitative estimate of drug-likeness (QED) is 0.0783. The molecular formula is C30H20F4N4O4S. The van der Waals surface area contributed by atoms with Crippen LogP contribution in [0, 0.1) is 35.8 Å². The van der Waals surface area contributed by atoms with Gasteiger partial charge in [-0.05, 0) is 48.6 Å². The molecule has 13 heteroatoms. The summed E-state index contributed by atoms with van der Waals surface area (Å²) in [5.74, 6) is 1.17. The molecule has 0 fully saturated rings. The summed E-state index contributed by atoms with van der Waals surface area (Å²) in [7, 11) is 0.